The highest BCUT2D eigenvalue weighted by Crippen LogP contribution is 2.24. The molecule has 0 amide bonds. The first kappa shape index (κ1) is 10.6. The van der Waals surface area contributed by atoms with Crippen LogP contribution >= 0.6 is 0 Å². The molecule has 0 spiro atoms. The first-order valence-electron chi connectivity index (χ1n) is 6.33. The largest absolute Gasteiger partial charge is 0.459 e. The monoisotopic (exact) mass is 228 g/mol. The van der Waals surface area contributed by atoms with Crippen molar-refractivity contribution in [1.82, 2.24) is 0 Å². The first-order chi connectivity index (χ1) is 8.33. The van der Waals surface area contributed by atoms with Crippen molar-refractivity contribution in [3.05, 3.63) is 41.0 Å². The van der Waals surface area contributed by atoms with E-state index in [0.29, 0.717) is 5.56 Å². The van der Waals surface area contributed by atoms with Crippen LogP contribution in [0.1, 0.15) is 47.2 Å². The normalized spacial score (nSPS) is 18.4. The number of allylic oxidation sites excluding steroid dienone is 1. The molecule has 2 aliphatic rings. The Kier molecular flexibility index (Phi) is 2.71. The Morgan fingerprint density at radius 1 is 1.24 bits per heavy atom. The lowest BCUT2D eigenvalue weighted by molar-refractivity contribution is 0.0318. The third-order valence-corrected chi connectivity index (χ3v) is 3.59. The summed E-state index contributed by atoms with van der Waals surface area (Å²) in [5.41, 5.74) is 3.13. The summed E-state index contributed by atoms with van der Waals surface area (Å²) in [6, 6.07) is 5.85. The Balaban J connectivity index is 1.74. The molecule has 0 unspecified atom stereocenters. The molecule has 1 saturated carbocycles. The molecule has 0 radical (unpaired) electrons. The number of hydrogen-bond donors (Lipinski definition) is 0. The van der Waals surface area contributed by atoms with E-state index in [9.17, 15) is 4.79 Å². The van der Waals surface area contributed by atoms with Gasteiger partial charge in [-0.2, -0.15) is 0 Å². The maximum absolute atomic E-state index is 12.0. The van der Waals surface area contributed by atoms with Gasteiger partial charge in [-0.15, -0.1) is 0 Å². The molecule has 88 valence electrons. The number of carbonyl (C=O) groups excluding carboxylic acids is 1. The maximum Gasteiger partial charge on any atom is 0.338 e. The van der Waals surface area contributed by atoms with Crippen LogP contribution in [0.3, 0.4) is 0 Å². The average molecular weight is 228 g/mol. The zero-order valence-electron chi connectivity index (χ0n) is 9.82. The van der Waals surface area contributed by atoms with Gasteiger partial charge in [-0.3, -0.25) is 0 Å². The molecule has 17 heavy (non-hydrogen) atoms. The second-order valence-electron chi connectivity index (χ2n) is 4.83. The summed E-state index contributed by atoms with van der Waals surface area (Å²) in [7, 11) is 0. The van der Waals surface area contributed by atoms with Gasteiger partial charge in [0.1, 0.15) is 6.10 Å². The van der Waals surface area contributed by atoms with Crippen molar-refractivity contribution < 1.29 is 9.53 Å². The quantitative estimate of drug-likeness (QED) is 0.725. The fourth-order valence-corrected chi connectivity index (χ4v) is 2.60. The fourth-order valence-electron chi connectivity index (χ4n) is 2.60. The van der Waals surface area contributed by atoms with Crippen molar-refractivity contribution in [3.63, 3.8) is 0 Å². The predicted molar refractivity (Wildman–Crippen MR) is 66.9 cm³/mol. The second-order valence-corrected chi connectivity index (χ2v) is 4.83. The van der Waals surface area contributed by atoms with Gasteiger partial charge in [-0.1, -0.05) is 18.2 Å². The highest BCUT2D eigenvalue weighted by atomic mass is 16.5. The van der Waals surface area contributed by atoms with Crippen LogP contribution in [-0.2, 0) is 11.2 Å². The molecular weight excluding hydrogens is 212 g/mol. The number of esters is 1. The topological polar surface area (TPSA) is 26.3 Å². The molecule has 0 aromatic heterocycles. The van der Waals surface area contributed by atoms with Crippen molar-refractivity contribution in [3.8, 4) is 0 Å². The van der Waals surface area contributed by atoms with Gasteiger partial charge >= 0.3 is 5.97 Å². The van der Waals surface area contributed by atoms with E-state index in [4.69, 9.17) is 4.74 Å². The van der Waals surface area contributed by atoms with E-state index in [0.717, 1.165) is 24.8 Å². The number of benzene rings is 1. The molecule has 0 atom stereocenters. The summed E-state index contributed by atoms with van der Waals surface area (Å²) < 4.78 is 5.49. The van der Waals surface area contributed by atoms with Crippen molar-refractivity contribution in [2.24, 2.45) is 0 Å². The maximum atomic E-state index is 12.0. The number of carbonyl (C=O) groups is 1. The molecular formula is C15H16O2. The molecule has 2 aliphatic carbocycles. The Bertz CT molecular complexity index is 468. The smallest absolute Gasteiger partial charge is 0.338 e. The Labute approximate surface area is 101 Å². The molecule has 0 saturated heterocycles. The summed E-state index contributed by atoms with van der Waals surface area (Å²) in [6.07, 6.45) is 9.74. The van der Waals surface area contributed by atoms with E-state index in [1.54, 1.807) is 0 Å². The van der Waals surface area contributed by atoms with Crippen molar-refractivity contribution in [2.75, 3.05) is 0 Å². The number of hydrogen-bond acceptors (Lipinski definition) is 2. The molecule has 2 nitrogen and oxygen atoms in total. The molecule has 2 heteroatoms. The summed E-state index contributed by atoms with van der Waals surface area (Å²) in [4.78, 5) is 12.0. The average Bonchev–Trinajstić information content (AvgIpc) is 2.97. The zero-order valence-corrected chi connectivity index (χ0v) is 9.82. The zero-order chi connectivity index (χ0) is 11.7. The van der Waals surface area contributed by atoms with E-state index in [1.807, 2.05) is 18.2 Å². The van der Waals surface area contributed by atoms with Crippen molar-refractivity contribution in [2.45, 2.75) is 38.2 Å². The van der Waals surface area contributed by atoms with Crippen LogP contribution in [0.5, 0.6) is 0 Å². The lowest BCUT2D eigenvalue weighted by Gasteiger charge is -2.11. The summed E-state index contributed by atoms with van der Waals surface area (Å²) in [5.74, 6) is -0.167. The number of fused-ring (bicyclic) bond motifs is 1. The SMILES string of the molecule is O=C(OC1CCCC1)c1ccc2c(c1)C=CC2. The van der Waals surface area contributed by atoms with Crippen molar-refractivity contribution >= 4 is 12.0 Å². The van der Waals surface area contributed by atoms with Crippen LogP contribution in [0.4, 0.5) is 0 Å². The van der Waals surface area contributed by atoms with Crippen LogP contribution < -0.4 is 0 Å². The van der Waals surface area contributed by atoms with Gasteiger partial charge in [0.15, 0.2) is 0 Å². The van der Waals surface area contributed by atoms with E-state index in [1.165, 1.54) is 18.4 Å². The Morgan fingerprint density at radius 2 is 2.06 bits per heavy atom. The van der Waals surface area contributed by atoms with E-state index >= 15 is 0 Å². The molecule has 3 rings (SSSR count). The van der Waals surface area contributed by atoms with E-state index < -0.39 is 0 Å². The third-order valence-electron chi connectivity index (χ3n) is 3.59. The minimum atomic E-state index is -0.167. The van der Waals surface area contributed by atoms with Gasteiger partial charge in [-0.25, -0.2) is 4.79 Å². The second kappa shape index (κ2) is 4.36. The molecule has 0 N–H and O–H groups in total. The molecule has 1 aromatic carbocycles. The number of ether oxygens (including phenoxy) is 1. The highest BCUT2D eigenvalue weighted by Gasteiger charge is 2.20. The van der Waals surface area contributed by atoms with Gasteiger partial charge in [0.2, 0.25) is 0 Å². The third kappa shape index (κ3) is 2.12. The molecule has 0 aliphatic heterocycles. The van der Waals surface area contributed by atoms with E-state index in [-0.39, 0.29) is 12.1 Å². The Hall–Kier alpha value is -1.57. The summed E-state index contributed by atoms with van der Waals surface area (Å²) >= 11 is 0. The van der Waals surface area contributed by atoms with Crippen LogP contribution in [-0.4, -0.2) is 12.1 Å². The minimum absolute atomic E-state index is 0.145. The molecule has 1 fully saturated rings. The van der Waals surface area contributed by atoms with E-state index in [2.05, 4.69) is 12.2 Å². The fraction of sp³-hybridized carbons (Fsp3) is 0.400. The Morgan fingerprint density at radius 3 is 2.88 bits per heavy atom. The van der Waals surface area contributed by atoms with Gasteiger partial charge in [0, 0.05) is 0 Å². The van der Waals surface area contributed by atoms with Crippen LogP contribution in [0.15, 0.2) is 24.3 Å². The standard InChI is InChI=1S/C15H16O2/c16-15(17-14-6-1-2-7-14)13-9-8-11-4-3-5-12(11)10-13/h3,5,8-10,14H,1-2,4,6-7H2. The minimum Gasteiger partial charge on any atom is -0.459 e. The summed E-state index contributed by atoms with van der Waals surface area (Å²) in [6.45, 7) is 0. The van der Waals surface area contributed by atoms with Crippen molar-refractivity contribution in [1.29, 1.82) is 0 Å². The van der Waals surface area contributed by atoms with Crippen LogP contribution in [0.25, 0.3) is 6.08 Å². The molecule has 0 bridgehead atoms. The van der Waals surface area contributed by atoms with Gasteiger partial charge in [0.05, 0.1) is 5.56 Å². The first-order valence-corrected chi connectivity index (χ1v) is 6.33. The van der Waals surface area contributed by atoms with Gasteiger partial charge < -0.3 is 4.74 Å². The van der Waals surface area contributed by atoms with Gasteiger partial charge in [0.25, 0.3) is 0 Å². The molecule has 1 aromatic rings. The lowest BCUT2D eigenvalue weighted by Crippen LogP contribution is -2.14. The van der Waals surface area contributed by atoms with Crippen LogP contribution in [0, 0.1) is 0 Å². The number of rotatable bonds is 2. The van der Waals surface area contributed by atoms with Gasteiger partial charge in [-0.05, 0) is 55.4 Å². The molecule has 0 heterocycles. The van der Waals surface area contributed by atoms with Crippen LogP contribution in [0.2, 0.25) is 0 Å². The lowest BCUT2D eigenvalue weighted by atomic mass is 10.1. The summed E-state index contributed by atoms with van der Waals surface area (Å²) in [5, 5.41) is 0. The predicted octanol–water partition coefficient (Wildman–Crippen LogP) is 3.36. The highest BCUT2D eigenvalue weighted by molar-refractivity contribution is 5.90.